The second-order valence-electron chi connectivity index (χ2n) is 8.77. The fourth-order valence-corrected chi connectivity index (χ4v) is 4.03. The Labute approximate surface area is 160 Å². The maximum atomic E-state index is 11.9. The van der Waals surface area contributed by atoms with Gasteiger partial charge in [0.1, 0.15) is 0 Å². The van der Waals surface area contributed by atoms with Gasteiger partial charge in [0.15, 0.2) is 8.32 Å². The Bertz CT molecular complexity index is 602. The summed E-state index contributed by atoms with van der Waals surface area (Å²) in [5.74, 6) is 0.389. The summed E-state index contributed by atoms with van der Waals surface area (Å²) in [5, 5.41) is 0.265. The molecule has 0 unspecified atom stereocenters. The Balaban J connectivity index is 1.89. The van der Waals surface area contributed by atoms with Crippen LogP contribution in [0.4, 0.5) is 5.69 Å². The van der Waals surface area contributed by atoms with Gasteiger partial charge >= 0.3 is 5.97 Å². The quantitative estimate of drug-likeness (QED) is 0.510. The van der Waals surface area contributed by atoms with Crippen molar-refractivity contribution in [3.8, 4) is 0 Å². The number of rotatable bonds is 6. The second-order valence-corrected chi connectivity index (χ2v) is 13.6. The summed E-state index contributed by atoms with van der Waals surface area (Å²) in [6, 6.07) is 7.79. The topological polar surface area (TPSA) is 38.8 Å². The van der Waals surface area contributed by atoms with Crippen LogP contribution in [0.15, 0.2) is 24.3 Å². The number of esters is 1. The fourth-order valence-electron chi connectivity index (χ4n) is 2.94. The molecule has 0 N–H and O–H groups in total. The van der Waals surface area contributed by atoms with E-state index in [0.29, 0.717) is 18.1 Å². The number of anilines is 1. The van der Waals surface area contributed by atoms with Crippen molar-refractivity contribution in [2.24, 2.45) is 5.92 Å². The zero-order valence-electron chi connectivity index (χ0n) is 17.3. The van der Waals surface area contributed by atoms with Gasteiger partial charge in [0.25, 0.3) is 0 Å². The zero-order valence-corrected chi connectivity index (χ0v) is 18.3. The van der Waals surface area contributed by atoms with Crippen LogP contribution in [0.25, 0.3) is 0 Å². The lowest BCUT2D eigenvalue weighted by molar-refractivity contribution is 0.0526. The Hall–Kier alpha value is -1.33. The number of piperidine rings is 1. The number of ether oxygens (including phenoxy) is 1. The molecule has 1 heterocycles. The number of hydrogen-bond donors (Lipinski definition) is 0. The van der Waals surface area contributed by atoms with Crippen LogP contribution < -0.4 is 4.90 Å². The number of hydrogen-bond acceptors (Lipinski definition) is 4. The van der Waals surface area contributed by atoms with Gasteiger partial charge in [-0.1, -0.05) is 26.8 Å². The van der Waals surface area contributed by atoms with Crippen LogP contribution in [-0.2, 0) is 9.16 Å². The third-order valence-electron chi connectivity index (χ3n) is 5.82. The monoisotopic (exact) mass is 377 g/mol. The van der Waals surface area contributed by atoms with Gasteiger partial charge < -0.3 is 14.1 Å². The summed E-state index contributed by atoms with van der Waals surface area (Å²) >= 11 is 0. The van der Waals surface area contributed by atoms with Gasteiger partial charge in [-0.05, 0) is 62.0 Å². The summed E-state index contributed by atoms with van der Waals surface area (Å²) in [6.07, 6.45) is 2.27. The van der Waals surface area contributed by atoms with Crippen LogP contribution in [-0.4, -0.2) is 40.6 Å². The van der Waals surface area contributed by atoms with E-state index in [4.69, 9.17) is 9.16 Å². The fraction of sp³-hybridized carbons (Fsp3) is 0.667. The average Bonchev–Trinajstić information content (AvgIpc) is 2.60. The van der Waals surface area contributed by atoms with E-state index in [0.717, 1.165) is 38.2 Å². The molecule has 0 atom stereocenters. The molecule has 0 aliphatic carbocycles. The van der Waals surface area contributed by atoms with E-state index < -0.39 is 8.32 Å². The summed E-state index contributed by atoms with van der Waals surface area (Å²) in [7, 11) is -1.66. The minimum atomic E-state index is -1.66. The maximum Gasteiger partial charge on any atom is 0.338 e. The van der Waals surface area contributed by atoms with Crippen molar-refractivity contribution in [3.63, 3.8) is 0 Å². The highest BCUT2D eigenvalue weighted by Gasteiger charge is 2.37. The summed E-state index contributed by atoms with van der Waals surface area (Å²) in [6.45, 7) is 16.7. The molecule has 5 heteroatoms. The summed E-state index contributed by atoms with van der Waals surface area (Å²) in [5.41, 5.74) is 1.74. The van der Waals surface area contributed by atoms with E-state index in [1.54, 1.807) is 0 Å². The van der Waals surface area contributed by atoms with E-state index in [-0.39, 0.29) is 11.0 Å². The number of carbonyl (C=O) groups excluding carboxylic acids is 1. The first kappa shape index (κ1) is 21.0. The van der Waals surface area contributed by atoms with Crippen LogP contribution in [0.5, 0.6) is 0 Å². The van der Waals surface area contributed by atoms with E-state index >= 15 is 0 Å². The molecule has 0 amide bonds. The van der Waals surface area contributed by atoms with Gasteiger partial charge in [0, 0.05) is 25.4 Å². The third kappa shape index (κ3) is 5.33. The van der Waals surface area contributed by atoms with Crippen LogP contribution in [0.1, 0.15) is 50.9 Å². The van der Waals surface area contributed by atoms with Crippen LogP contribution in [0.2, 0.25) is 18.1 Å². The van der Waals surface area contributed by atoms with Gasteiger partial charge in [-0.2, -0.15) is 0 Å². The van der Waals surface area contributed by atoms with Crippen molar-refractivity contribution in [1.82, 2.24) is 0 Å². The predicted octanol–water partition coefficient (Wildman–Crippen LogP) is 5.10. The van der Waals surface area contributed by atoms with Crippen molar-refractivity contribution < 1.29 is 14.0 Å². The Morgan fingerprint density at radius 2 is 1.88 bits per heavy atom. The molecule has 0 aromatic heterocycles. The molecule has 1 aromatic rings. The molecule has 1 fully saturated rings. The molecule has 1 aromatic carbocycles. The zero-order chi connectivity index (χ0) is 19.4. The van der Waals surface area contributed by atoms with Gasteiger partial charge in [0.05, 0.1) is 12.2 Å². The molecule has 1 aliphatic rings. The molecule has 1 saturated heterocycles. The molecule has 0 radical (unpaired) electrons. The first-order chi connectivity index (χ1) is 12.1. The SMILES string of the molecule is CCOC(=O)c1cccc(N2CCC(CO[Si](C)(C)C(C)(C)C)CC2)c1. The molecule has 26 heavy (non-hydrogen) atoms. The van der Waals surface area contributed by atoms with E-state index in [1.165, 1.54) is 0 Å². The molecule has 1 aliphatic heterocycles. The van der Waals surface area contributed by atoms with Gasteiger partial charge in [0.2, 0.25) is 0 Å². The Morgan fingerprint density at radius 1 is 1.23 bits per heavy atom. The smallest absolute Gasteiger partial charge is 0.338 e. The first-order valence-corrected chi connectivity index (χ1v) is 12.7. The number of nitrogens with zero attached hydrogens (tertiary/aromatic N) is 1. The molecule has 0 spiro atoms. The molecule has 0 saturated carbocycles. The molecule has 0 bridgehead atoms. The Kier molecular flexibility index (Phi) is 6.91. The lowest BCUT2D eigenvalue weighted by atomic mass is 9.97. The van der Waals surface area contributed by atoms with Gasteiger partial charge in [-0.25, -0.2) is 4.79 Å². The standard InChI is InChI=1S/C21H35NO3Si/c1-7-24-20(23)18-9-8-10-19(15-18)22-13-11-17(12-14-22)16-25-26(5,6)21(2,3)4/h8-10,15,17H,7,11-14,16H2,1-6H3. The molecular weight excluding hydrogens is 342 g/mol. The van der Waals surface area contributed by atoms with Crippen molar-refractivity contribution >= 4 is 20.0 Å². The lowest BCUT2D eigenvalue weighted by Gasteiger charge is -2.39. The Morgan fingerprint density at radius 3 is 2.46 bits per heavy atom. The van der Waals surface area contributed by atoms with E-state index in [1.807, 2.05) is 25.1 Å². The first-order valence-electron chi connectivity index (χ1n) is 9.80. The number of benzene rings is 1. The third-order valence-corrected chi connectivity index (χ3v) is 10.3. The second kappa shape index (κ2) is 8.57. The summed E-state index contributed by atoms with van der Waals surface area (Å²) in [4.78, 5) is 14.3. The van der Waals surface area contributed by atoms with Crippen molar-refractivity contribution in [3.05, 3.63) is 29.8 Å². The van der Waals surface area contributed by atoms with Crippen LogP contribution in [0, 0.1) is 5.92 Å². The highest BCUT2D eigenvalue weighted by atomic mass is 28.4. The molecular formula is C21H35NO3Si. The van der Waals surface area contributed by atoms with Crippen molar-refractivity contribution in [2.45, 2.75) is 58.7 Å². The minimum absolute atomic E-state index is 0.244. The molecule has 4 nitrogen and oxygen atoms in total. The maximum absolute atomic E-state index is 11.9. The minimum Gasteiger partial charge on any atom is -0.462 e. The van der Waals surface area contributed by atoms with Crippen LogP contribution >= 0.6 is 0 Å². The normalized spacial score (nSPS) is 16.6. The van der Waals surface area contributed by atoms with E-state index in [9.17, 15) is 4.79 Å². The highest BCUT2D eigenvalue weighted by molar-refractivity contribution is 6.74. The highest BCUT2D eigenvalue weighted by Crippen LogP contribution is 2.37. The largest absolute Gasteiger partial charge is 0.462 e. The van der Waals surface area contributed by atoms with Crippen LogP contribution in [0.3, 0.4) is 0 Å². The van der Waals surface area contributed by atoms with Gasteiger partial charge in [-0.3, -0.25) is 0 Å². The van der Waals surface area contributed by atoms with Gasteiger partial charge in [-0.15, -0.1) is 0 Å². The van der Waals surface area contributed by atoms with Crippen molar-refractivity contribution in [2.75, 3.05) is 31.2 Å². The van der Waals surface area contributed by atoms with E-state index in [2.05, 4.69) is 44.8 Å². The average molecular weight is 378 g/mol. The van der Waals surface area contributed by atoms with Crippen molar-refractivity contribution in [1.29, 1.82) is 0 Å². The number of carbonyl (C=O) groups is 1. The molecule has 146 valence electrons. The predicted molar refractivity (Wildman–Crippen MR) is 110 cm³/mol. The summed E-state index contributed by atoms with van der Waals surface area (Å²) < 4.78 is 11.5. The lowest BCUT2D eigenvalue weighted by Crippen LogP contribution is -2.43. The molecule has 2 rings (SSSR count).